The summed E-state index contributed by atoms with van der Waals surface area (Å²) in [7, 11) is 0. The molecule has 1 aliphatic rings. The summed E-state index contributed by atoms with van der Waals surface area (Å²) in [5.74, 6) is 0. The molecule has 0 aliphatic heterocycles. The molecule has 0 atom stereocenters. The fourth-order valence-corrected chi connectivity index (χ4v) is 3.86. The molecule has 1 aliphatic carbocycles. The lowest BCUT2D eigenvalue weighted by Crippen LogP contribution is -2.30. The molecule has 3 nitrogen and oxygen atoms in total. The maximum absolute atomic E-state index is 12.0. The van der Waals surface area contributed by atoms with E-state index in [1.807, 2.05) is 12.1 Å². The van der Waals surface area contributed by atoms with Crippen molar-refractivity contribution in [1.82, 2.24) is 5.32 Å². The summed E-state index contributed by atoms with van der Waals surface area (Å²) >= 11 is 1.71. The van der Waals surface area contributed by atoms with Crippen LogP contribution in [-0.2, 0) is 12.8 Å². The molecule has 0 saturated carbocycles. The van der Waals surface area contributed by atoms with Gasteiger partial charge in [0.05, 0.1) is 0 Å². The van der Waals surface area contributed by atoms with Crippen LogP contribution in [0.2, 0.25) is 0 Å². The standard InChI is InChI=1S/C20H18N2OS/c23-20(21-10-9-17-5-3-11-24-17)22-16-7-8-19-15(13-16)12-14-4-1-2-6-18(14)19/h1-8,11,13H,9-10,12H2,(H2,21,22,23). The van der Waals surface area contributed by atoms with Crippen molar-refractivity contribution in [3.63, 3.8) is 0 Å². The van der Waals surface area contributed by atoms with Gasteiger partial charge >= 0.3 is 6.03 Å². The number of thiophene rings is 1. The number of hydrogen-bond acceptors (Lipinski definition) is 2. The van der Waals surface area contributed by atoms with Gasteiger partial charge in [0.2, 0.25) is 0 Å². The number of benzene rings is 2. The predicted octanol–water partition coefficient (Wildman–Crippen LogP) is 4.68. The topological polar surface area (TPSA) is 41.1 Å². The van der Waals surface area contributed by atoms with Gasteiger partial charge in [0.15, 0.2) is 0 Å². The highest BCUT2D eigenvalue weighted by molar-refractivity contribution is 7.09. The van der Waals surface area contributed by atoms with Gasteiger partial charge in [0.25, 0.3) is 0 Å². The van der Waals surface area contributed by atoms with Gasteiger partial charge in [-0.1, -0.05) is 36.4 Å². The number of fused-ring (bicyclic) bond motifs is 3. The van der Waals surface area contributed by atoms with E-state index in [2.05, 4.69) is 58.5 Å². The highest BCUT2D eigenvalue weighted by atomic mass is 32.1. The van der Waals surface area contributed by atoms with Crippen LogP contribution in [0.25, 0.3) is 11.1 Å². The van der Waals surface area contributed by atoms with Crippen molar-refractivity contribution < 1.29 is 4.79 Å². The summed E-state index contributed by atoms with van der Waals surface area (Å²) in [5, 5.41) is 7.90. The van der Waals surface area contributed by atoms with Crippen molar-refractivity contribution in [3.05, 3.63) is 76.0 Å². The van der Waals surface area contributed by atoms with Gasteiger partial charge in [-0.05, 0) is 58.7 Å². The molecule has 4 heteroatoms. The fraction of sp³-hybridized carbons (Fsp3) is 0.150. The number of anilines is 1. The van der Waals surface area contributed by atoms with E-state index in [0.717, 1.165) is 18.5 Å². The van der Waals surface area contributed by atoms with Crippen LogP contribution in [0, 0.1) is 0 Å². The third kappa shape index (κ3) is 3.05. The Bertz CT molecular complexity index is 871. The van der Waals surface area contributed by atoms with Crippen LogP contribution in [0.4, 0.5) is 10.5 Å². The molecule has 3 aromatic rings. The van der Waals surface area contributed by atoms with Crippen molar-refractivity contribution in [1.29, 1.82) is 0 Å². The van der Waals surface area contributed by atoms with E-state index in [9.17, 15) is 4.79 Å². The molecule has 0 spiro atoms. The Balaban J connectivity index is 1.37. The molecule has 1 aromatic heterocycles. The first-order valence-electron chi connectivity index (χ1n) is 8.08. The quantitative estimate of drug-likeness (QED) is 0.559. The van der Waals surface area contributed by atoms with Crippen molar-refractivity contribution >= 4 is 23.1 Å². The molecule has 0 radical (unpaired) electrons. The third-order valence-electron chi connectivity index (χ3n) is 4.29. The summed E-state index contributed by atoms with van der Waals surface area (Å²) < 4.78 is 0. The number of urea groups is 1. The Morgan fingerprint density at radius 2 is 1.88 bits per heavy atom. The lowest BCUT2D eigenvalue weighted by molar-refractivity contribution is 0.252. The van der Waals surface area contributed by atoms with E-state index < -0.39 is 0 Å². The Labute approximate surface area is 145 Å². The minimum Gasteiger partial charge on any atom is -0.338 e. The summed E-state index contributed by atoms with van der Waals surface area (Å²) in [6.07, 6.45) is 1.80. The first-order valence-corrected chi connectivity index (χ1v) is 8.96. The Morgan fingerprint density at radius 1 is 1.00 bits per heavy atom. The molecule has 0 bridgehead atoms. The van der Waals surface area contributed by atoms with Crippen molar-refractivity contribution in [3.8, 4) is 11.1 Å². The van der Waals surface area contributed by atoms with E-state index in [1.54, 1.807) is 11.3 Å². The van der Waals surface area contributed by atoms with Gasteiger partial charge in [-0.3, -0.25) is 0 Å². The minimum absolute atomic E-state index is 0.151. The van der Waals surface area contributed by atoms with Crippen molar-refractivity contribution in [2.75, 3.05) is 11.9 Å². The zero-order valence-corrected chi connectivity index (χ0v) is 14.0. The number of nitrogens with one attached hydrogen (secondary N) is 2. The average molecular weight is 334 g/mol. The zero-order valence-electron chi connectivity index (χ0n) is 13.2. The predicted molar refractivity (Wildman–Crippen MR) is 99.7 cm³/mol. The number of amides is 2. The van der Waals surface area contributed by atoms with E-state index in [4.69, 9.17) is 0 Å². The molecule has 24 heavy (non-hydrogen) atoms. The number of carbonyl (C=O) groups excluding carboxylic acids is 1. The number of carbonyl (C=O) groups is 1. The van der Waals surface area contributed by atoms with Crippen LogP contribution in [0.3, 0.4) is 0 Å². The fourth-order valence-electron chi connectivity index (χ4n) is 3.15. The van der Waals surface area contributed by atoms with Gasteiger partial charge in [0, 0.05) is 17.1 Å². The van der Waals surface area contributed by atoms with Crippen LogP contribution in [-0.4, -0.2) is 12.6 Å². The van der Waals surface area contributed by atoms with Crippen LogP contribution in [0.1, 0.15) is 16.0 Å². The summed E-state index contributed by atoms with van der Waals surface area (Å²) in [5.41, 5.74) is 6.04. The Kier molecular flexibility index (Phi) is 4.05. The maximum atomic E-state index is 12.0. The molecule has 120 valence electrons. The SMILES string of the molecule is O=C(NCCc1cccs1)Nc1ccc2c(c1)Cc1ccccc1-2. The molecule has 2 aromatic carbocycles. The van der Waals surface area contributed by atoms with Gasteiger partial charge in [-0.15, -0.1) is 11.3 Å². The zero-order chi connectivity index (χ0) is 16.4. The van der Waals surface area contributed by atoms with Gasteiger partial charge in [0.1, 0.15) is 0 Å². The van der Waals surface area contributed by atoms with Gasteiger partial charge < -0.3 is 10.6 Å². The van der Waals surface area contributed by atoms with Crippen LogP contribution < -0.4 is 10.6 Å². The Hall–Kier alpha value is -2.59. The largest absolute Gasteiger partial charge is 0.338 e. The lowest BCUT2D eigenvalue weighted by Gasteiger charge is -2.09. The highest BCUT2D eigenvalue weighted by Gasteiger charge is 2.18. The molecular formula is C20H18N2OS. The minimum atomic E-state index is -0.151. The van der Waals surface area contributed by atoms with Crippen LogP contribution >= 0.6 is 11.3 Å². The van der Waals surface area contributed by atoms with E-state index in [1.165, 1.54) is 27.1 Å². The average Bonchev–Trinajstić information content (AvgIpc) is 3.21. The monoisotopic (exact) mass is 334 g/mol. The second-order valence-corrected chi connectivity index (χ2v) is 6.95. The van der Waals surface area contributed by atoms with E-state index >= 15 is 0 Å². The summed E-state index contributed by atoms with van der Waals surface area (Å²) in [6.45, 7) is 0.642. The second-order valence-electron chi connectivity index (χ2n) is 5.92. The molecule has 0 saturated heterocycles. The summed E-state index contributed by atoms with van der Waals surface area (Å²) in [6, 6.07) is 18.6. The Morgan fingerprint density at radius 3 is 2.75 bits per heavy atom. The lowest BCUT2D eigenvalue weighted by atomic mass is 10.1. The summed E-state index contributed by atoms with van der Waals surface area (Å²) in [4.78, 5) is 13.3. The van der Waals surface area contributed by atoms with E-state index in [0.29, 0.717) is 6.54 Å². The number of rotatable bonds is 4. The van der Waals surface area contributed by atoms with Crippen molar-refractivity contribution in [2.45, 2.75) is 12.8 Å². The molecule has 1 heterocycles. The van der Waals surface area contributed by atoms with Gasteiger partial charge in [-0.2, -0.15) is 0 Å². The van der Waals surface area contributed by atoms with Crippen molar-refractivity contribution in [2.24, 2.45) is 0 Å². The third-order valence-corrected chi connectivity index (χ3v) is 5.22. The molecule has 0 unspecified atom stereocenters. The second kappa shape index (κ2) is 6.49. The molecule has 0 fully saturated rings. The maximum Gasteiger partial charge on any atom is 0.319 e. The first-order chi connectivity index (χ1) is 11.8. The normalized spacial score (nSPS) is 11.7. The van der Waals surface area contributed by atoms with Crippen LogP contribution in [0.5, 0.6) is 0 Å². The molecule has 2 N–H and O–H groups in total. The van der Waals surface area contributed by atoms with E-state index in [-0.39, 0.29) is 6.03 Å². The van der Waals surface area contributed by atoms with Crippen LogP contribution in [0.15, 0.2) is 60.0 Å². The first kappa shape index (κ1) is 15.0. The molecule has 4 rings (SSSR count). The molecule has 2 amide bonds. The smallest absolute Gasteiger partial charge is 0.319 e. The molecular weight excluding hydrogens is 316 g/mol. The van der Waals surface area contributed by atoms with Gasteiger partial charge in [-0.25, -0.2) is 4.79 Å². The highest BCUT2D eigenvalue weighted by Crippen LogP contribution is 2.37. The number of hydrogen-bond donors (Lipinski definition) is 2.